The fourth-order valence-corrected chi connectivity index (χ4v) is 3.56. The van der Waals surface area contributed by atoms with Crippen LogP contribution in [0.2, 0.25) is 0 Å². The summed E-state index contributed by atoms with van der Waals surface area (Å²) >= 11 is 0. The van der Waals surface area contributed by atoms with E-state index in [0.29, 0.717) is 12.6 Å². The molecule has 21 heavy (non-hydrogen) atoms. The van der Waals surface area contributed by atoms with Gasteiger partial charge in [0.25, 0.3) is 0 Å². The molecule has 0 aromatic carbocycles. The molecule has 6 nitrogen and oxygen atoms in total. The van der Waals surface area contributed by atoms with Gasteiger partial charge in [-0.1, -0.05) is 0 Å². The molecule has 3 heterocycles. The Hall–Kier alpha value is -1.30. The Kier molecular flexibility index (Phi) is 3.59. The monoisotopic (exact) mass is 295 g/mol. The number of nitrogens with one attached hydrogen (secondary N) is 1. The van der Waals surface area contributed by atoms with Crippen LogP contribution in [0, 0.1) is 0 Å². The molecule has 3 saturated heterocycles. The predicted molar refractivity (Wildman–Crippen MR) is 77.9 cm³/mol. The van der Waals surface area contributed by atoms with E-state index in [-0.39, 0.29) is 24.1 Å². The molecule has 0 aromatic rings. The molecular formula is C15H25N3O3. The number of rotatable bonds is 2. The van der Waals surface area contributed by atoms with Crippen molar-refractivity contribution in [3.8, 4) is 0 Å². The number of ether oxygens (including phenoxy) is 1. The van der Waals surface area contributed by atoms with Crippen LogP contribution in [0.25, 0.3) is 0 Å². The maximum atomic E-state index is 12.5. The van der Waals surface area contributed by atoms with Crippen LogP contribution in [0.4, 0.5) is 4.79 Å². The average Bonchev–Trinajstić information content (AvgIpc) is 3.06. The van der Waals surface area contributed by atoms with Gasteiger partial charge in [0.2, 0.25) is 5.91 Å². The summed E-state index contributed by atoms with van der Waals surface area (Å²) in [7, 11) is 0. The SMILES string of the molecule is CC(C)(C)OC(=O)N1CC2CC1C(=O)N2CC1CCCN1. The largest absolute Gasteiger partial charge is 0.444 e. The lowest BCUT2D eigenvalue weighted by Gasteiger charge is -2.35. The van der Waals surface area contributed by atoms with E-state index < -0.39 is 5.60 Å². The van der Waals surface area contributed by atoms with Gasteiger partial charge in [0.05, 0.1) is 6.04 Å². The topological polar surface area (TPSA) is 61.9 Å². The standard InChI is InChI=1S/C15H25N3O3/c1-15(2,3)21-14(20)18-9-11-7-12(18)13(19)17(11)8-10-5-4-6-16-10/h10-12,16H,4-9H2,1-3H3. The highest BCUT2D eigenvalue weighted by atomic mass is 16.6. The number of carbonyl (C=O) groups excluding carboxylic acids is 2. The van der Waals surface area contributed by atoms with Gasteiger partial charge in [-0.15, -0.1) is 0 Å². The molecule has 0 spiro atoms. The number of carbonyl (C=O) groups is 2. The van der Waals surface area contributed by atoms with Crippen molar-refractivity contribution >= 4 is 12.0 Å². The molecule has 2 bridgehead atoms. The first-order valence-corrected chi connectivity index (χ1v) is 7.88. The third-order valence-corrected chi connectivity index (χ3v) is 4.50. The van der Waals surface area contributed by atoms with Crippen LogP contribution < -0.4 is 5.32 Å². The van der Waals surface area contributed by atoms with Gasteiger partial charge in [-0.2, -0.15) is 0 Å². The van der Waals surface area contributed by atoms with E-state index in [1.54, 1.807) is 4.90 Å². The molecular weight excluding hydrogens is 270 g/mol. The molecule has 0 radical (unpaired) electrons. The quantitative estimate of drug-likeness (QED) is 0.824. The van der Waals surface area contributed by atoms with Crippen molar-refractivity contribution in [2.75, 3.05) is 19.6 Å². The van der Waals surface area contributed by atoms with E-state index in [2.05, 4.69) is 5.32 Å². The number of amides is 2. The smallest absolute Gasteiger partial charge is 0.411 e. The molecule has 1 N–H and O–H groups in total. The van der Waals surface area contributed by atoms with E-state index in [4.69, 9.17) is 4.74 Å². The van der Waals surface area contributed by atoms with E-state index in [0.717, 1.165) is 25.9 Å². The minimum Gasteiger partial charge on any atom is -0.444 e. The van der Waals surface area contributed by atoms with E-state index in [9.17, 15) is 9.59 Å². The Bertz CT molecular complexity index is 440. The number of fused-ring (bicyclic) bond motifs is 2. The Labute approximate surface area is 125 Å². The van der Waals surface area contributed by atoms with Crippen molar-refractivity contribution in [1.29, 1.82) is 0 Å². The lowest BCUT2D eigenvalue weighted by molar-refractivity contribution is -0.136. The minimum atomic E-state index is -0.518. The van der Waals surface area contributed by atoms with Crippen molar-refractivity contribution in [3.63, 3.8) is 0 Å². The van der Waals surface area contributed by atoms with Crippen LogP contribution in [-0.2, 0) is 9.53 Å². The molecule has 118 valence electrons. The van der Waals surface area contributed by atoms with Crippen LogP contribution in [0.5, 0.6) is 0 Å². The van der Waals surface area contributed by atoms with E-state index in [1.165, 1.54) is 6.42 Å². The second-order valence-corrected chi connectivity index (χ2v) is 7.32. The maximum absolute atomic E-state index is 12.5. The summed E-state index contributed by atoms with van der Waals surface area (Å²) in [4.78, 5) is 28.2. The number of likely N-dealkylation sites (tertiary alicyclic amines) is 2. The second-order valence-electron chi connectivity index (χ2n) is 7.32. The molecule has 3 atom stereocenters. The fraction of sp³-hybridized carbons (Fsp3) is 0.867. The Morgan fingerprint density at radius 1 is 1.43 bits per heavy atom. The molecule has 0 saturated carbocycles. The second kappa shape index (κ2) is 5.16. The molecule has 3 unspecified atom stereocenters. The third-order valence-electron chi connectivity index (χ3n) is 4.50. The van der Waals surface area contributed by atoms with Crippen molar-refractivity contribution in [2.45, 2.75) is 63.8 Å². The number of hydrogen-bond donors (Lipinski definition) is 1. The highest BCUT2D eigenvalue weighted by Crippen LogP contribution is 2.33. The van der Waals surface area contributed by atoms with Crippen LogP contribution >= 0.6 is 0 Å². The molecule has 3 aliphatic heterocycles. The van der Waals surface area contributed by atoms with Crippen LogP contribution in [0.1, 0.15) is 40.0 Å². The zero-order valence-electron chi connectivity index (χ0n) is 13.1. The Balaban J connectivity index is 1.60. The van der Waals surface area contributed by atoms with Gasteiger partial charge in [-0.05, 0) is 46.6 Å². The summed E-state index contributed by atoms with van der Waals surface area (Å²) in [5.41, 5.74) is -0.518. The van der Waals surface area contributed by atoms with Crippen molar-refractivity contribution < 1.29 is 14.3 Å². The Morgan fingerprint density at radius 2 is 2.19 bits per heavy atom. The van der Waals surface area contributed by atoms with Gasteiger partial charge < -0.3 is 15.0 Å². The minimum absolute atomic E-state index is 0.0887. The summed E-state index contributed by atoms with van der Waals surface area (Å²) in [5.74, 6) is 0.0887. The molecule has 2 amide bonds. The normalized spacial score (nSPS) is 32.1. The highest BCUT2D eigenvalue weighted by molar-refractivity contribution is 5.90. The predicted octanol–water partition coefficient (Wildman–Crippen LogP) is 0.959. The molecule has 6 heteroatoms. The number of nitrogens with zero attached hydrogens (tertiary/aromatic N) is 2. The first-order valence-electron chi connectivity index (χ1n) is 7.88. The molecule has 3 fully saturated rings. The van der Waals surface area contributed by atoms with Crippen LogP contribution in [-0.4, -0.2) is 65.2 Å². The van der Waals surface area contributed by atoms with Crippen molar-refractivity contribution in [2.24, 2.45) is 0 Å². The van der Waals surface area contributed by atoms with Gasteiger partial charge in [0.1, 0.15) is 11.6 Å². The number of hydrogen-bond acceptors (Lipinski definition) is 4. The lowest BCUT2D eigenvalue weighted by atomic mass is 10.2. The van der Waals surface area contributed by atoms with Gasteiger partial charge in [-0.25, -0.2) is 4.79 Å². The third kappa shape index (κ3) is 2.86. The first-order chi connectivity index (χ1) is 9.85. The molecule has 0 aliphatic carbocycles. The highest BCUT2D eigenvalue weighted by Gasteiger charge is 2.52. The Morgan fingerprint density at radius 3 is 2.76 bits per heavy atom. The van der Waals surface area contributed by atoms with Gasteiger partial charge in [0.15, 0.2) is 0 Å². The summed E-state index contributed by atoms with van der Waals surface area (Å²) in [5, 5.41) is 3.43. The maximum Gasteiger partial charge on any atom is 0.411 e. The summed E-state index contributed by atoms with van der Waals surface area (Å²) < 4.78 is 5.40. The lowest BCUT2D eigenvalue weighted by Crippen LogP contribution is -2.55. The zero-order valence-corrected chi connectivity index (χ0v) is 13.1. The van der Waals surface area contributed by atoms with E-state index in [1.807, 2.05) is 25.7 Å². The zero-order chi connectivity index (χ0) is 15.2. The fourth-order valence-electron chi connectivity index (χ4n) is 3.56. The first kappa shape index (κ1) is 14.6. The van der Waals surface area contributed by atoms with Gasteiger partial charge >= 0.3 is 6.09 Å². The summed E-state index contributed by atoms with van der Waals surface area (Å²) in [6.45, 7) is 7.97. The summed E-state index contributed by atoms with van der Waals surface area (Å²) in [6.07, 6.45) is 2.72. The molecule has 3 rings (SSSR count). The van der Waals surface area contributed by atoms with Gasteiger partial charge in [-0.3, -0.25) is 9.69 Å². The molecule has 3 aliphatic rings. The van der Waals surface area contributed by atoms with Crippen molar-refractivity contribution in [3.05, 3.63) is 0 Å². The van der Waals surface area contributed by atoms with Crippen LogP contribution in [0.3, 0.4) is 0 Å². The van der Waals surface area contributed by atoms with Crippen LogP contribution in [0.15, 0.2) is 0 Å². The number of piperazine rings is 1. The molecule has 0 aromatic heterocycles. The van der Waals surface area contributed by atoms with Gasteiger partial charge in [0, 0.05) is 19.1 Å². The van der Waals surface area contributed by atoms with Crippen molar-refractivity contribution in [1.82, 2.24) is 15.1 Å². The average molecular weight is 295 g/mol. The van der Waals surface area contributed by atoms with E-state index >= 15 is 0 Å². The summed E-state index contributed by atoms with van der Waals surface area (Å²) in [6, 6.07) is 0.270.